The lowest BCUT2D eigenvalue weighted by molar-refractivity contribution is -0.188. The second-order valence-electron chi connectivity index (χ2n) is 8.53. The number of ether oxygens (including phenoxy) is 2. The number of carbonyl (C=O) groups excluding carboxylic acids is 1. The number of likely N-dealkylation sites (tertiary alicyclic amines) is 1. The van der Waals surface area contributed by atoms with Crippen LogP contribution in [0.15, 0.2) is 66.7 Å². The summed E-state index contributed by atoms with van der Waals surface area (Å²) >= 11 is 12.4. The number of carboxylic acids is 1. The summed E-state index contributed by atoms with van der Waals surface area (Å²) < 4.78 is 11.0. The molecule has 2 atom stereocenters. The first-order valence-corrected chi connectivity index (χ1v) is 11.8. The number of carbonyl (C=O) groups is 2. The summed E-state index contributed by atoms with van der Waals surface area (Å²) in [7, 11) is 1.58. The molecule has 3 aromatic rings. The minimum Gasteiger partial charge on any atom is -0.497 e. The fraction of sp³-hybridized carbons (Fsp3) is 0.259. The molecule has 1 amide bonds. The van der Waals surface area contributed by atoms with Gasteiger partial charge in [-0.2, -0.15) is 0 Å². The van der Waals surface area contributed by atoms with Gasteiger partial charge in [0.05, 0.1) is 13.0 Å². The molecule has 1 fully saturated rings. The maximum Gasteiger partial charge on any atom is 0.330 e. The van der Waals surface area contributed by atoms with E-state index in [-0.39, 0.29) is 25.5 Å². The highest BCUT2D eigenvalue weighted by Gasteiger charge is 2.62. The van der Waals surface area contributed by atoms with E-state index >= 15 is 0 Å². The largest absolute Gasteiger partial charge is 0.497 e. The van der Waals surface area contributed by atoms with Gasteiger partial charge >= 0.3 is 5.97 Å². The standard InChI is InChI=1S/C27H25Cl2NO5/c1-17-25(31)30(15-19-8-10-20(34-2)11-9-19)27(17,26(32)33)14-18-6-12-21(13-7-18)35-16-22-23(28)4-3-5-24(22)29/h3-13,17H,14-16H2,1-2H3,(H,32,33)/t17-,27+/m1/s1. The summed E-state index contributed by atoms with van der Waals surface area (Å²) in [5.74, 6) is -0.550. The van der Waals surface area contributed by atoms with Gasteiger partial charge in [0.2, 0.25) is 5.91 Å². The summed E-state index contributed by atoms with van der Waals surface area (Å²) in [5, 5.41) is 11.3. The number of nitrogens with zero attached hydrogens (tertiary/aromatic N) is 1. The molecular formula is C27H25Cl2NO5. The van der Waals surface area contributed by atoms with Gasteiger partial charge < -0.3 is 19.5 Å². The molecule has 182 valence electrons. The van der Waals surface area contributed by atoms with Gasteiger partial charge in [0.1, 0.15) is 18.1 Å². The molecular weight excluding hydrogens is 489 g/mol. The van der Waals surface area contributed by atoms with Gasteiger partial charge in [0.25, 0.3) is 0 Å². The molecule has 8 heteroatoms. The van der Waals surface area contributed by atoms with Crippen molar-refractivity contribution in [2.75, 3.05) is 7.11 Å². The predicted octanol–water partition coefficient (Wildman–Crippen LogP) is 5.63. The number of amides is 1. The van der Waals surface area contributed by atoms with Crippen molar-refractivity contribution in [3.8, 4) is 11.5 Å². The van der Waals surface area contributed by atoms with Crippen LogP contribution in [0.25, 0.3) is 0 Å². The zero-order chi connectivity index (χ0) is 25.2. The molecule has 0 saturated carbocycles. The average Bonchev–Trinajstić information content (AvgIpc) is 2.86. The van der Waals surface area contributed by atoms with E-state index in [0.29, 0.717) is 27.1 Å². The molecule has 0 unspecified atom stereocenters. The number of benzene rings is 3. The third-order valence-corrected chi connectivity index (χ3v) is 7.25. The first kappa shape index (κ1) is 24.9. The van der Waals surface area contributed by atoms with E-state index in [1.807, 2.05) is 24.3 Å². The molecule has 1 aliphatic heterocycles. The lowest BCUT2D eigenvalue weighted by Crippen LogP contribution is -2.74. The smallest absolute Gasteiger partial charge is 0.330 e. The summed E-state index contributed by atoms with van der Waals surface area (Å²) in [4.78, 5) is 26.7. The van der Waals surface area contributed by atoms with Crippen LogP contribution in [0.5, 0.6) is 11.5 Å². The Balaban J connectivity index is 1.49. The number of halogens is 2. The second kappa shape index (κ2) is 10.2. The molecule has 0 bridgehead atoms. The maximum atomic E-state index is 12.7. The molecule has 0 aromatic heterocycles. The quantitative estimate of drug-likeness (QED) is 0.375. The number of aliphatic carboxylic acids is 1. The third-order valence-electron chi connectivity index (χ3n) is 6.55. The first-order valence-electron chi connectivity index (χ1n) is 11.1. The Labute approximate surface area is 214 Å². The monoisotopic (exact) mass is 513 g/mol. The van der Waals surface area contributed by atoms with Crippen LogP contribution < -0.4 is 9.47 Å². The minimum absolute atomic E-state index is 0.181. The van der Waals surface area contributed by atoms with Gasteiger partial charge in [-0.25, -0.2) is 4.79 Å². The highest BCUT2D eigenvalue weighted by atomic mass is 35.5. The highest BCUT2D eigenvalue weighted by Crippen LogP contribution is 2.42. The van der Waals surface area contributed by atoms with Crippen LogP contribution in [0.2, 0.25) is 10.0 Å². The number of hydrogen-bond donors (Lipinski definition) is 1. The fourth-order valence-corrected chi connectivity index (χ4v) is 4.91. The number of rotatable bonds is 9. The zero-order valence-electron chi connectivity index (χ0n) is 19.3. The van der Waals surface area contributed by atoms with Crippen LogP contribution in [-0.4, -0.2) is 34.5 Å². The zero-order valence-corrected chi connectivity index (χ0v) is 20.8. The molecule has 1 aliphatic rings. The average molecular weight is 514 g/mol. The van der Waals surface area contributed by atoms with Crippen molar-refractivity contribution in [1.29, 1.82) is 0 Å². The third kappa shape index (κ3) is 4.81. The Bertz CT molecular complexity index is 1210. The fourth-order valence-electron chi connectivity index (χ4n) is 4.40. The van der Waals surface area contributed by atoms with E-state index in [4.69, 9.17) is 32.7 Å². The van der Waals surface area contributed by atoms with E-state index in [0.717, 1.165) is 11.1 Å². The van der Waals surface area contributed by atoms with Crippen LogP contribution in [0.3, 0.4) is 0 Å². The van der Waals surface area contributed by atoms with Crippen molar-refractivity contribution in [1.82, 2.24) is 4.90 Å². The molecule has 4 rings (SSSR count). The summed E-state index contributed by atoms with van der Waals surface area (Å²) in [6, 6.07) is 19.7. The molecule has 0 radical (unpaired) electrons. The molecule has 35 heavy (non-hydrogen) atoms. The van der Waals surface area contributed by atoms with Gasteiger partial charge in [-0.15, -0.1) is 0 Å². The van der Waals surface area contributed by atoms with Crippen LogP contribution in [0, 0.1) is 5.92 Å². The highest BCUT2D eigenvalue weighted by molar-refractivity contribution is 6.35. The summed E-state index contributed by atoms with van der Waals surface area (Å²) in [6.07, 6.45) is 0.183. The van der Waals surface area contributed by atoms with Crippen molar-refractivity contribution in [3.63, 3.8) is 0 Å². The maximum absolute atomic E-state index is 12.7. The lowest BCUT2D eigenvalue weighted by atomic mass is 9.70. The molecule has 6 nitrogen and oxygen atoms in total. The van der Waals surface area contributed by atoms with Crippen LogP contribution in [0.1, 0.15) is 23.6 Å². The normalized spacial score (nSPS) is 19.3. The van der Waals surface area contributed by atoms with E-state index in [1.165, 1.54) is 4.90 Å². The van der Waals surface area contributed by atoms with Crippen molar-refractivity contribution in [3.05, 3.63) is 93.5 Å². The molecule has 3 aromatic carbocycles. The van der Waals surface area contributed by atoms with Gasteiger partial charge in [-0.1, -0.05) is 60.5 Å². The Morgan fingerprint density at radius 3 is 2.11 bits per heavy atom. The Kier molecular flexibility index (Phi) is 7.24. The summed E-state index contributed by atoms with van der Waals surface area (Å²) in [6.45, 7) is 2.09. The minimum atomic E-state index is -1.33. The molecule has 0 aliphatic carbocycles. The van der Waals surface area contributed by atoms with E-state index in [2.05, 4.69) is 0 Å². The lowest BCUT2D eigenvalue weighted by Gasteiger charge is -2.54. The van der Waals surface area contributed by atoms with Crippen molar-refractivity contribution >= 4 is 35.1 Å². The van der Waals surface area contributed by atoms with E-state index < -0.39 is 17.4 Å². The molecule has 1 N–H and O–H groups in total. The molecule has 1 saturated heterocycles. The predicted molar refractivity (Wildman–Crippen MR) is 134 cm³/mol. The van der Waals surface area contributed by atoms with Gasteiger partial charge in [0.15, 0.2) is 5.54 Å². The first-order chi connectivity index (χ1) is 16.8. The second-order valence-corrected chi connectivity index (χ2v) is 9.35. The molecule has 1 heterocycles. The summed E-state index contributed by atoms with van der Waals surface area (Å²) in [5.41, 5.74) is 0.985. The Morgan fingerprint density at radius 2 is 1.54 bits per heavy atom. The van der Waals surface area contributed by atoms with Crippen LogP contribution in [0.4, 0.5) is 0 Å². The van der Waals surface area contributed by atoms with Gasteiger partial charge in [-0.3, -0.25) is 4.79 Å². The van der Waals surface area contributed by atoms with Crippen LogP contribution >= 0.6 is 23.2 Å². The van der Waals surface area contributed by atoms with Crippen LogP contribution in [-0.2, 0) is 29.2 Å². The number of carboxylic acid groups (broad SMARTS) is 1. The topological polar surface area (TPSA) is 76.1 Å². The molecule has 0 spiro atoms. The van der Waals surface area contributed by atoms with Gasteiger partial charge in [-0.05, 0) is 47.5 Å². The van der Waals surface area contributed by atoms with Crippen molar-refractivity contribution < 1.29 is 24.2 Å². The number of methoxy groups -OCH3 is 1. The SMILES string of the molecule is COc1ccc(CN2C(=O)[C@@H](C)[C@@]2(Cc2ccc(OCc3c(Cl)cccc3Cl)cc2)C(=O)O)cc1. The van der Waals surface area contributed by atoms with E-state index in [1.54, 1.807) is 56.5 Å². The Morgan fingerprint density at radius 1 is 0.971 bits per heavy atom. The number of β-lactam (4-membered cyclic amide) rings is 1. The Hall–Kier alpha value is -3.22. The number of hydrogen-bond acceptors (Lipinski definition) is 4. The van der Waals surface area contributed by atoms with Gasteiger partial charge in [0, 0.05) is 28.6 Å². The van der Waals surface area contributed by atoms with Crippen molar-refractivity contribution in [2.45, 2.75) is 32.0 Å². The van der Waals surface area contributed by atoms with Crippen molar-refractivity contribution in [2.24, 2.45) is 5.92 Å². The van der Waals surface area contributed by atoms with E-state index in [9.17, 15) is 14.7 Å².